The monoisotopic (exact) mass is 299 g/mol. The number of hydrogen-bond donors (Lipinski definition) is 3. The maximum Gasteiger partial charge on any atom is 0.270 e. The minimum Gasteiger partial charge on any atom is -0.343 e. The van der Waals surface area contributed by atoms with Gasteiger partial charge in [0.05, 0.1) is 11.5 Å². The summed E-state index contributed by atoms with van der Waals surface area (Å²) in [5.41, 5.74) is 1.71. The molecule has 4 rings (SSSR count). The summed E-state index contributed by atoms with van der Waals surface area (Å²) in [4.78, 5) is 24.6. The van der Waals surface area contributed by atoms with Gasteiger partial charge in [-0.3, -0.25) is 19.8 Å². The van der Waals surface area contributed by atoms with Crippen LogP contribution in [0, 0.1) is 5.82 Å². The van der Waals surface area contributed by atoms with Crippen molar-refractivity contribution in [1.29, 1.82) is 0 Å². The SMILES string of the molecule is O=C1CCCC2=C1[C@@H](c1ccccc1F)c1c([nH][nH]c1=O)N2. The third-order valence-electron chi connectivity index (χ3n) is 4.34. The molecule has 2 aromatic rings. The molecule has 1 aromatic heterocycles. The van der Waals surface area contributed by atoms with Gasteiger partial charge in [-0.1, -0.05) is 18.2 Å². The molecule has 1 aromatic carbocycles. The molecular formula is C16H14FN3O2. The zero-order chi connectivity index (χ0) is 15.3. The van der Waals surface area contributed by atoms with Gasteiger partial charge in [0.15, 0.2) is 5.78 Å². The van der Waals surface area contributed by atoms with Crippen LogP contribution < -0.4 is 10.9 Å². The van der Waals surface area contributed by atoms with Crippen molar-refractivity contribution in [2.75, 3.05) is 5.32 Å². The molecule has 0 saturated carbocycles. The summed E-state index contributed by atoms with van der Waals surface area (Å²) in [6, 6.07) is 6.30. The Balaban J connectivity index is 2.01. The van der Waals surface area contributed by atoms with Gasteiger partial charge in [-0.05, 0) is 18.9 Å². The lowest BCUT2D eigenvalue weighted by atomic mass is 9.76. The number of allylic oxidation sites excluding steroid dienone is 2. The number of anilines is 1. The van der Waals surface area contributed by atoms with Gasteiger partial charge < -0.3 is 5.32 Å². The summed E-state index contributed by atoms with van der Waals surface area (Å²) in [5.74, 6) is -0.568. The first-order valence-electron chi connectivity index (χ1n) is 7.25. The Bertz CT molecular complexity index is 862. The molecule has 2 aliphatic rings. The molecule has 3 N–H and O–H groups in total. The van der Waals surface area contributed by atoms with Crippen LogP contribution in [0.3, 0.4) is 0 Å². The van der Waals surface area contributed by atoms with Crippen LogP contribution in [-0.4, -0.2) is 16.0 Å². The third-order valence-corrected chi connectivity index (χ3v) is 4.34. The molecule has 0 radical (unpaired) electrons. The van der Waals surface area contributed by atoms with Crippen molar-refractivity contribution in [3.63, 3.8) is 0 Å². The molecule has 1 atom stereocenters. The van der Waals surface area contributed by atoms with Gasteiger partial charge in [0, 0.05) is 23.3 Å². The van der Waals surface area contributed by atoms with Crippen molar-refractivity contribution in [3.8, 4) is 0 Å². The average Bonchev–Trinajstić information content (AvgIpc) is 2.88. The van der Waals surface area contributed by atoms with E-state index in [1.807, 2.05) is 0 Å². The van der Waals surface area contributed by atoms with E-state index in [-0.39, 0.29) is 11.3 Å². The highest BCUT2D eigenvalue weighted by Gasteiger charge is 2.38. The fourth-order valence-electron chi connectivity index (χ4n) is 3.39. The highest BCUT2D eigenvalue weighted by atomic mass is 19.1. The van der Waals surface area contributed by atoms with Crippen molar-refractivity contribution in [2.24, 2.45) is 0 Å². The lowest BCUT2D eigenvalue weighted by molar-refractivity contribution is -0.116. The molecule has 2 heterocycles. The van der Waals surface area contributed by atoms with Crippen molar-refractivity contribution in [3.05, 3.63) is 62.8 Å². The number of nitrogens with one attached hydrogen (secondary N) is 3. The number of hydrogen-bond acceptors (Lipinski definition) is 3. The average molecular weight is 299 g/mol. The van der Waals surface area contributed by atoms with Crippen LogP contribution in [0.2, 0.25) is 0 Å². The van der Waals surface area contributed by atoms with Crippen molar-refractivity contribution < 1.29 is 9.18 Å². The maximum absolute atomic E-state index is 14.3. The van der Waals surface area contributed by atoms with Crippen LogP contribution in [0.15, 0.2) is 40.3 Å². The molecule has 0 saturated heterocycles. The lowest BCUT2D eigenvalue weighted by Gasteiger charge is -2.31. The van der Waals surface area contributed by atoms with E-state index in [1.54, 1.807) is 18.2 Å². The van der Waals surface area contributed by atoms with E-state index in [9.17, 15) is 14.0 Å². The minimum absolute atomic E-state index is 0.0201. The normalized spacial score (nSPS) is 20.4. The highest BCUT2D eigenvalue weighted by Crippen LogP contribution is 2.43. The number of ketones is 1. The zero-order valence-electron chi connectivity index (χ0n) is 11.7. The van der Waals surface area contributed by atoms with Crippen LogP contribution >= 0.6 is 0 Å². The summed E-state index contributed by atoms with van der Waals surface area (Å²) < 4.78 is 14.3. The Morgan fingerprint density at radius 1 is 1.09 bits per heavy atom. The Labute approximate surface area is 125 Å². The van der Waals surface area contributed by atoms with Gasteiger partial charge in [0.25, 0.3) is 5.56 Å². The Hall–Kier alpha value is -2.63. The second kappa shape index (κ2) is 4.69. The van der Waals surface area contributed by atoms with E-state index in [1.165, 1.54) is 6.07 Å². The molecule has 0 unspecified atom stereocenters. The number of carbonyl (C=O) groups excluding carboxylic acids is 1. The first-order chi connectivity index (χ1) is 10.7. The number of H-pyrrole nitrogens is 2. The van der Waals surface area contributed by atoms with Crippen LogP contribution in [0.25, 0.3) is 0 Å². The van der Waals surface area contributed by atoms with Gasteiger partial charge >= 0.3 is 0 Å². The number of fused-ring (bicyclic) bond motifs is 1. The highest BCUT2D eigenvalue weighted by molar-refractivity contribution is 6.00. The molecule has 1 aliphatic carbocycles. The van der Waals surface area contributed by atoms with Gasteiger partial charge in [-0.2, -0.15) is 0 Å². The molecule has 22 heavy (non-hydrogen) atoms. The summed E-state index contributed by atoms with van der Waals surface area (Å²) in [5, 5.41) is 8.41. The fraction of sp³-hybridized carbons (Fsp3) is 0.250. The first kappa shape index (κ1) is 13.1. The summed E-state index contributed by atoms with van der Waals surface area (Å²) in [7, 11) is 0. The molecule has 0 amide bonds. The second-order valence-corrected chi connectivity index (χ2v) is 5.62. The number of halogens is 1. The van der Waals surface area contributed by atoms with Crippen molar-refractivity contribution in [2.45, 2.75) is 25.2 Å². The van der Waals surface area contributed by atoms with Crippen molar-refractivity contribution in [1.82, 2.24) is 10.2 Å². The maximum atomic E-state index is 14.3. The van der Waals surface area contributed by atoms with E-state index in [0.29, 0.717) is 28.9 Å². The third kappa shape index (κ3) is 1.76. The van der Waals surface area contributed by atoms with E-state index in [2.05, 4.69) is 15.5 Å². The molecule has 112 valence electrons. The Kier molecular flexibility index (Phi) is 2.79. The van der Waals surface area contributed by atoms with E-state index in [0.717, 1.165) is 18.5 Å². The molecule has 5 nitrogen and oxygen atoms in total. The van der Waals surface area contributed by atoms with Gasteiger partial charge in [0.2, 0.25) is 0 Å². The van der Waals surface area contributed by atoms with Crippen LogP contribution in [0.1, 0.15) is 36.3 Å². The number of rotatable bonds is 1. The lowest BCUT2D eigenvalue weighted by Crippen LogP contribution is -2.29. The molecule has 0 fully saturated rings. The summed E-state index contributed by atoms with van der Waals surface area (Å²) in [6.07, 6.45) is 1.92. The smallest absolute Gasteiger partial charge is 0.270 e. The number of benzene rings is 1. The predicted octanol–water partition coefficient (Wildman–Crippen LogP) is 2.41. The number of aromatic amines is 2. The van der Waals surface area contributed by atoms with Crippen LogP contribution in [-0.2, 0) is 4.79 Å². The molecule has 0 spiro atoms. The van der Waals surface area contributed by atoms with Gasteiger partial charge in [-0.25, -0.2) is 4.39 Å². The Morgan fingerprint density at radius 3 is 2.73 bits per heavy atom. The van der Waals surface area contributed by atoms with E-state index in [4.69, 9.17) is 0 Å². The van der Waals surface area contributed by atoms with Crippen LogP contribution in [0.5, 0.6) is 0 Å². The topological polar surface area (TPSA) is 77.8 Å². The first-order valence-corrected chi connectivity index (χ1v) is 7.25. The minimum atomic E-state index is -0.657. The molecule has 1 aliphatic heterocycles. The molecule has 6 heteroatoms. The van der Waals surface area contributed by atoms with E-state index < -0.39 is 11.7 Å². The van der Waals surface area contributed by atoms with Gasteiger partial charge in [0.1, 0.15) is 11.6 Å². The summed E-state index contributed by atoms with van der Waals surface area (Å²) >= 11 is 0. The largest absolute Gasteiger partial charge is 0.343 e. The van der Waals surface area contributed by atoms with Crippen molar-refractivity contribution >= 4 is 11.6 Å². The zero-order valence-corrected chi connectivity index (χ0v) is 11.7. The predicted molar refractivity (Wildman–Crippen MR) is 79.2 cm³/mol. The molecular weight excluding hydrogens is 285 g/mol. The second-order valence-electron chi connectivity index (χ2n) is 5.62. The quantitative estimate of drug-likeness (QED) is 0.756. The molecule has 0 bridgehead atoms. The number of aromatic nitrogens is 2. The van der Waals surface area contributed by atoms with Gasteiger partial charge in [-0.15, -0.1) is 0 Å². The Morgan fingerprint density at radius 2 is 1.91 bits per heavy atom. The standard InChI is InChI=1S/C16H14FN3O2/c17-9-5-2-1-4-8(9)12-13-10(6-3-7-11(13)21)18-15-14(12)16(22)20-19-15/h1-2,4-5,12H,3,6-7H2,(H3,18,19,20,22)/t12-/m1/s1. The number of carbonyl (C=O) groups is 1. The fourth-order valence-corrected chi connectivity index (χ4v) is 3.39. The number of Topliss-reactive ketones (excluding diaryl/α,β-unsaturated/α-hetero) is 1. The van der Waals surface area contributed by atoms with Crippen LogP contribution in [0.4, 0.5) is 10.2 Å². The summed E-state index contributed by atoms with van der Waals surface area (Å²) in [6.45, 7) is 0. The van der Waals surface area contributed by atoms with E-state index >= 15 is 0 Å².